The van der Waals surface area contributed by atoms with Crippen molar-refractivity contribution in [1.82, 2.24) is 8.61 Å². The Morgan fingerprint density at radius 1 is 0.824 bits per heavy atom. The first-order valence-corrected chi connectivity index (χ1v) is 14.6. The first-order valence-electron chi connectivity index (χ1n) is 11.7. The fourth-order valence-corrected chi connectivity index (χ4v) is 6.96. The summed E-state index contributed by atoms with van der Waals surface area (Å²) in [6.45, 7) is 5.41. The number of carbonyl (C=O) groups is 1. The Labute approximate surface area is 203 Å². The van der Waals surface area contributed by atoms with Gasteiger partial charge in [0.1, 0.15) is 0 Å². The molecule has 1 aliphatic rings. The monoisotopic (exact) mass is 507 g/mol. The van der Waals surface area contributed by atoms with Crippen molar-refractivity contribution in [3.63, 3.8) is 0 Å². The van der Waals surface area contributed by atoms with E-state index in [1.165, 1.54) is 28.6 Å². The second kappa shape index (κ2) is 11.4. The normalized spacial score (nSPS) is 15.7. The summed E-state index contributed by atoms with van der Waals surface area (Å²) in [7, 11) is -7.09. The minimum Gasteiger partial charge on any atom is -0.378 e. The molecule has 0 atom stereocenters. The van der Waals surface area contributed by atoms with Crippen LogP contribution < -0.4 is 5.32 Å². The second-order valence-corrected chi connectivity index (χ2v) is 12.1. The molecule has 2 aromatic rings. The summed E-state index contributed by atoms with van der Waals surface area (Å²) in [6.07, 6.45) is 3.86. The Bertz CT molecular complexity index is 1170. The highest BCUT2D eigenvalue weighted by Gasteiger charge is 2.25. The van der Waals surface area contributed by atoms with Crippen LogP contribution in [-0.4, -0.2) is 64.0 Å². The number of nitrogens with zero attached hydrogens (tertiary/aromatic N) is 2. The van der Waals surface area contributed by atoms with Crippen molar-refractivity contribution in [1.29, 1.82) is 0 Å². The minimum absolute atomic E-state index is 0.000360. The molecule has 34 heavy (non-hydrogen) atoms. The third-order valence-electron chi connectivity index (χ3n) is 6.03. The Hall–Kier alpha value is -2.27. The first kappa shape index (κ1) is 26.3. The SMILES string of the molecule is CCN(CC)S(=O)(=O)c1ccc(C(=O)CNc2ccc(S(=O)(=O)N3CCCCCC3)cc2)cc1. The standard InChI is InChI=1S/C24H33N3O5S2/c1-3-26(4-2)33(29,30)22-13-9-20(10-14-22)24(28)19-25-21-11-15-23(16-12-21)34(31,32)27-17-7-5-6-8-18-27/h9-16,25H,3-8,17-19H2,1-2H3. The second-order valence-electron chi connectivity index (χ2n) is 8.23. The zero-order chi connectivity index (χ0) is 24.8. The maximum atomic E-state index is 12.9. The lowest BCUT2D eigenvalue weighted by Crippen LogP contribution is -2.31. The lowest BCUT2D eigenvalue weighted by atomic mass is 10.1. The van der Waals surface area contributed by atoms with E-state index in [1.807, 2.05) is 0 Å². The number of benzene rings is 2. The molecule has 1 heterocycles. The maximum Gasteiger partial charge on any atom is 0.243 e. The molecule has 0 saturated carbocycles. The van der Waals surface area contributed by atoms with Crippen LogP contribution in [0.4, 0.5) is 5.69 Å². The third-order valence-corrected chi connectivity index (χ3v) is 10.0. The maximum absolute atomic E-state index is 12.9. The van der Waals surface area contributed by atoms with Gasteiger partial charge in [-0.05, 0) is 61.4 Å². The average molecular weight is 508 g/mol. The molecule has 1 aliphatic heterocycles. The van der Waals surface area contributed by atoms with Gasteiger partial charge >= 0.3 is 0 Å². The van der Waals surface area contributed by atoms with Crippen LogP contribution in [-0.2, 0) is 20.0 Å². The number of nitrogens with one attached hydrogen (secondary N) is 1. The van der Waals surface area contributed by atoms with Gasteiger partial charge in [-0.2, -0.15) is 8.61 Å². The van der Waals surface area contributed by atoms with Crippen LogP contribution in [0.5, 0.6) is 0 Å². The van der Waals surface area contributed by atoms with E-state index < -0.39 is 20.0 Å². The number of sulfonamides is 2. The van der Waals surface area contributed by atoms with E-state index in [-0.39, 0.29) is 22.1 Å². The summed E-state index contributed by atoms with van der Waals surface area (Å²) in [6, 6.07) is 12.3. The van der Waals surface area contributed by atoms with Gasteiger partial charge in [0.15, 0.2) is 5.78 Å². The van der Waals surface area contributed by atoms with Crippen LogP contribution in [0.25, 0.3) is 0 Å². The zero-order valence-corrected chi connectivity index (χ0v) is 21.4. The quantitative estimate of drug-likeness (QED) is 0.493. The van der Waals surface area contributed by atoms with Crippen molar-refractivity contribution < 1.29 is 21.6 Å². The van der Waals surface area contributed by atoms with E-state index in [2.05, 4.69) is 5.32 Å². The Morgan fingerprint density at radius 3 is 1.88 bits per heavy atom. The molecule has 186 valence electrons. The molecule has 2 aromatic carbocycles. The highest BCUT2D eigenvalue weighted by Crippen LogP contribution is 2.22. The molecule has 0 radical (unpaired) electrons. The summed E-state index contributed by atoms with van der Waals surface area (Å²) in [5.74, 6) is -0.201. The van der Waals surface area contributed by atoms with E-state index in [0.29, 0.717) is 37.4 Å². The number of ketones is 1. The van der Waals surface area contributed by atoms with Gasteiger partial charge in [0.05, 0.1) is 16.3 Å². The summed E-state index contributed by atoms with van der Waals surface area (Å²) in [5.41, 5.74) is 1.02. The number of Topliss-reactive ketones (excluding diaryl/α,β-unsaturated/α-hetero) is 1. The van der Waals surface area contributed by atoms with E-state index >= 15 is 0 Å². The Morgan fingerprint density at radius 2 is 1.35 bits per heavy atom. The van der Waals surface area contributed by atoms with Crippen LogP contribution in [0.2, 0.25) is 0 Å². The van der Waals surface area contributed by atoms with Crippen molar-refractivity contribution in [3.8, 4) is 0 Å². The molecule has 0 aliphatic carbocycles. The predicted molar refractivity (Wildman–Crippen MR) is 133 cm³/mol. The summed E-state index contributed by atoms with van der Waals surface area (Å²) in [5, 5.41) is 3.01. The largest absolute Gasteiger partial charge is 0.378 e. The smallest absolute Gasteiger partial charge is 0.243 e. The number of hydrogen-bond acceptors (Lipinski definition) is 6. The summed E-state index contributed by atoms with van der Waals surface area (Å²) >= 11 is 0. The van der Waals surface area contributed by atoms with Gasteiger partial charge in [-0.1, -0.05) is 26.7 Å². The number of hydrogen-bond donors (Lipinski definition) is 1. The molecular weight excluding hydrogens is 474 g/mol. The van der Waals surface area contributed by atoms with Crippen molar-refractivity contribution in [2.75, 3.05) is 38.0 Å². The van der Waals surface area contributed by atoms with Gasteiger partial charge in [0.2, 0.25) is 20.0 Å². The van der Waals surface area contributed by atoms with Crippen molar-refractivity contribution in [3.05, 3.63) is 54.1 Å². The molecule has 3 rings (SSSR count). The van der Waals surface area contributed by atoms with Gasteiger partial charge in [-0.25, -0.2) is 16.8 Å². The molecule has 10 heteroatoms. The average Bonchev–Trinajstić information content (AvgIpc) is 3.14. The molecule has 8 nitrogen and oxygen atoms in total. The number of anilines is 1. The Balaban J connectivity index is 1.62. The van der Waals surface area contributed by atoms with Crippen molar-refractivity contribution in [2.24, 2.45) is 0 Å². The van der Waals surface area contributed by atoms with Gasteiger partial charge in [0.25, 0.3) is 0 Å². The molecule has 0 unspecified atom stereocenters. The van der Waals surface area contributed by atoms with E-state index in [0.717, 1.165) is 25.7 Å². The molecule has 0 spiro atoms. The van der Waals surface area contributed by atoms with Crippen LogP contribution in [0, 0.1) is 0 Å². The number of rotatable bonds is 10. The molecule has 1 N–H and O–H groups in total. The molecule has 1 fully saturated rings. The topological polar surface area (TPSA) is 104 Å². The Kier molecular flexibility index (Phi) is 8.86. The van der Waals surface area contributed by atoms with Crippen molar-refractivity contribution >= 4 is 31.5 Å². The highest BCUT2D eigenvalue weighted by atomic mass is 32.2. The van der Waals surface area contributed by atoms with Crippen molar-refractivity contribution in [2.45, 2.75) is 49.3 Å². The fraction of sp³-hybridized carbons (Fsp3) is 0.458. The van der Waals surface area contributed by atoms with E-state index in [9.17, 15) is 21.6 Å². The summed E-state index contributed by atoms with van der Waals surface area (Å²) < 4.78 is 53.9. The van der Waals surface area contributed by atoms with Gasteiger partial charge in [-0.3, -0.25) is 4.79 Å². The fourth-order valence-electron chi connectivity index (χ4n) is 3.99. The lowest BCUT2D eigenvalue weighted by molar-refractivity contribution is 0.101. The van der Waals surface area contributed by atoms with Crippen LogP contribution in [0.15, 0.2) is 58.3 Å². The van der Waals surface area contributed by atoms with Gasteiger partial charge in [0, 0.05) is 37.4 Å². The molecular formula is C24H33N3O5S2. The highest BCUT2D eigenvalue weighted by molar-refractivity contribution is 7.89. The minimum atomic E-state index is -3.57. The van der Waals surface area contributed by atoms with E-state index in [1.54, 1.807) is 42.4 Å². The lowest BCUT2D eigenvalue weighted by Gasteiger charge is -2.20. The van der Waals surface area contributed by atoms with Crippen LogP contribution >= 0.6 is 0 Å². The summed E-state index contributed by atoms with van der Waals surface area (Å²) in [4.78, 5) is 13.0. The van der Waals surface area contributed by atoms with Gasteiger partial charge in [-0.15, -0.1) is 0 Å². The number of carbonyl (C=O) groups excluding carboxylic acids is 1. The molecule has 0 amide bonds. The third kappa shape index (κ3) is 6.04. The molecule has 0 aromatic heterocycles. The van der Waals surface area contributed by atoms with E-state index in [4.69, 9.17) is 0 Å². The molecule has 1 saturated heterocycles. The van der Waals surface area contributed by atoms with Crippen LogP contribution in [0.1, 0.15) is 49.9 Å². The molecule has 0 bridgehead atoms. The van der Waals surface area contributed by atoms with Gasteiger partial charge < -0.3 is 5.32 Å². The van der Waals surface area contributed by atoms with Crippen LogP contribution in [0.3, 0.4) is 0 Å². The first-order chi connectivity index (χ1) is 16.2. The zero-order valence-electron chi connectivity index (χ0n) is 19.7. The predicted octanol–water partition coefficient (Wildman–Crippen LogP) is 3.58.